The molecule has 1 fully saturated rings. The number of fused-ring (bicyclic) bond motifs is 1. The maximum atomic E-state index is 12.7. The molecule has 4 rings (SSSR count). The van der Waals surface area contributed by atoms with Crippen LogP contribution >= 0.6 is 11.3 Å². The molecule has 1 saturated carbocycles. The molecular formula is C25H32F3N3O3S. The highest BCUT2D eigenvalue weighted by molar-refractivity contribution is 7.13. The zero-order valence-electron chi connectivity index (χ0n) is 20.0. The molecule has 3 heterocycles. The van der Waals surface area contributed by atoms with Crippen LogP contribution in [0.1, 0.15) is 59.6 Å². The van der Waals surface area contributed by atoms with Crippen molar-refractivity contribution in [2.75, 3.05) is 26.2 Å². The standard InChI is InChI=1S/C25H32F3N3O3S/c1-30-20(3-2-4-23(30)33)21(32)15-18-7-5-17(6-8-18)9-12-31-13-10-19-22(11-14-31)35-24(29-19)34-16-25(26,27)28/h2-4,17-18H,5-16H2,1H3. The first-order chi connectivity index (χ1) is 16.7. The molecule has 0 unspecified atom stereocenters. The van der Waals surface area contributed by atoms with Gasteiger partial charge in [0, 0.05) is 43.9 Å². The summed E-state index contributed by atoms with van der Waals surface area (Å²) in [7, 11) is 1.64. The molecule has 192 valence electrons. The number of aromatic nitrogens is 2. The van der Waals surface area contributed by atoms with Gasteiger partial charge in [0.1, 0.15) is 0 Å². The number of rotatable bonds is 8. The zero-order valence-corrected chi connectivity index (χ0v) is 20.8. The molecule has 0 aromatic carbocycles. The second-order valence-electron chi connectivity index (χ2n) is 9.71. The molecule has 0 bridgehead atoms. The number of pyridine rings is 1. The van der Waals surface area contributed by atoms with Gasteiger partial charge in [0.05, 0.1) is 11.4 Å². The van der Waals surface area contributed by atoms with Crippen LogP contribution in [0.5, 0.6) is 5.19 Å². The van der Waals surface area contributed by atoms with E-state index in [0.717, 1.165) is 75.2 Å². The van der Waals surface area contributed by atoms with E-state index in [1.54, 1.807) is 19.2 Å². The normalized spacial score (nSPS) is 21.4. The molecule has 10 heteroatoms. The average molecular weight is 512 g/mol. The smallest absolute Gasteiger partial charge is 0.422 e. The molecule has 1 aliphatic carbocycles. The van der Waals surface area contributed by atoms with Crippen molar-refractivity contribution in [3.8, 4) is 5.19 Å². The average Bonchev–Trinajstić information content (AvgIpc) is 3.12. The Morgan fingerprint density at radius 3 is 2.60 bits per heavy atom. The Morgan fingerprint density at radius 2 is 1.86 bits per heavy atom. The summed E-state index contributed by atoms with van der Waals surface area (Å²) in [4.78, 5) is 32.2. The Labute approximate surface area is 207 Å². The molecule has 2 aromatic rings. The zero-order chi connectivity index (χ0) is 25.0. The molecule has 2 aliphatic rings. The maximum absolute atomic E-state index is 12.7. The van der Waals surface area contributed by atoms with Gasteiger partial charge < -0.3 is 14.2 Å². The Hall–Kier alpha value is -2.20. The van der Waals surface area contributed by atoms with E-state index in [4.69, 9.17) is 4.74 Å². The molecule has 0 amide bonds. The van der Waals surface area contributed by atoms with E-state index in [1.807, 2.05) is 0 Å². The van der Waals surface area contributed by atoms with Crippen LogP contribution in [-0.4, -0.2) is 52.7 Å². The lowest BCUT2D eigenvalue weighted by Gasteiger charge is -2.30. The van der Waals surface area contributed by atoms with Crippen molar-refractivity contribution in [1.29, 1.82) is 0 Å². The third-order valence-corrected chi connectivity index (χ3v) is 8.27. The third kappa shape index (κ3) is 7.16. The molecule has 1 aliphatic heterocycles. The SMILES string of the molecule is Cn1c(C(=O)CC2CCC(CCN3CCc4nc(OCC(F)(F)F)sc4CC3)CC2)cccc1=O. The molecule has 2 aromatic heterocycles. The molecule has 0 spiro atoms. The van der Waals surface area contributed by atoms with Crippen molar-refractivity contribution in [2.24, 2.45) is 18.9 Å². The van der Waals surface area contributed by atoms with Gasteiger partial charge in [-0.25, -0.2) is 4.98 Å². The molecule has 0 N–H and O–H groups in total. The molecule has 6 nitrogen and oxygen atoms in total. The minimum Gasteiger partial charge on any atom is -0.460 e. The summed E-state index contributed by atoms with van der Waals surface area (Å²) in [6.45, 7) is 1.45. The van der Waals surface area contributed by atoms with Gasteiger partial charge in [-0.1, -0.05) is 30.2 Å². The van der Waals surface area contributed by atoms with Gasteiger partial charge in [-0.3, -0.25) is 9.59 Å². The predicted octanol–water partition coefficient (Wildman–Crippen LogP) is 4.65. The number of ketones is 1. The van der Waals surface area contributed by atoms with E-state index in [2.05, 4.69) is 9.88 Å². The molecular weight excluding hydrogens is 479 g/mol. The van der Waals surface area contributed by atoms with E-state index >= 15 is 0 Å². The third-order valence-electron chi connectivity index (χ3n) is 7.20. The summed E-state index contributed by atoms with van der Waals surface area (Å²) in [6, 6.07) is 4.83. The highest BCUT2D eigenvalue weighted by atomic mass is 32.1. The van der Waals surface area contributed by atoms with Crippen LogP contribution in [0.25, 0.3) is 0 Å². The van der Waals surface area contributed by atoms with Crippen molar-refractivity contribution in [2.45, 2.75) is 57.5 Å². The number of nitrogens with zero attached hydrogens (tertiary/aromatic N) is 3. The molecule has 35 heavy (non-hydrogen) atoms. The van der Waals surface area contributed by atoms with Crippen molar-refractivity contribution in [1.82, 2.24) is 14.5 Å². The van der Waals surface area contributed by atoms with Crippen LogP contribution in [-0.2, 0) is 19.9 Å². The molecule has 0 radical (unpaired) electrons. The van der Waals surface area contributed by atoms with Crippen LogP contribution in [0.3, 0.4) is 0 Å². The number of thiazole rings is 1. The summed E-state index contributed by atoms with van der Waals surface area (Å²) in [5, 5.41) is 0.116. The van der Waals surface area contributed by atoms with Crippen molar-refractivity contribution in [3.63, 3.8) is 0 Å². The number of carbonyl (C=O) groups is 1. The highest BCUT2D eigenvalue weighted by Gasteiger charge is 2.30. The van der Waals surface area contributed by atoms with E-state index in [-0.39, 0.29) is 16.5 Å². The minimum atomic E-state index is -4.35. The van der Waals surface area contributed by atoms with Crippen LogP contribution in [0, 0.1) is 11.8 Å². The first kappa shape index (κ1) is 25.9. The largest absolute Gasteiger partial charge is 0.460 e. The number of hydrogen-bond acceptors (Lipinski definition) is 6. The van der Waals surface area contributed by atoms with Crippen molar-refractivity contribution < 1.29 is 22.7 Å². The van der Waals surface area contributed by atoms with E-state index in [9.17, 15) is 22.8 Å². The summed E-state index contributed by atoms with van der Waals surface area (Å²) in [5.74, 6) is 1.08. The van der Waals surface area contributed by atoms with Gasteiger partial charge in [0.2, 0.25) is 0 Å². The van der Waals surface area contributed by atoms with E-state index < -0.39 is 12.8 Å². The summed E-state index contributed by atoms with van der Waals surface area (Å²) in [5.41, 5.74) is 1.20. The Bertz CT molecular complexity index is 1050. The van der Waals surface area contributed by atoms with Gasteiger partial charge >= 0.3 is 6.18 Å². The van der Waals surface area contributed by atoms with Crippen LogP contribution in [0.2, 0.25) is 0 Å². The topological polar surface area (TPSA) is 64.4 Å². The summed E-state index contributed by atoms with van der Waals surface area (Å²) in [6.07, 6.45) is 3.11. The monoisotopic (exact) mass is 511 g/mol. The van der Waals surface area contributed by atoms with E-state index in [1.165, 1.54) is 22.0 Å². The predicted molar refractivity (Wildman–Crippen MR) is 128 cm³/mol. The highest BCUT2D eigenvalue weighted by Crippen LogP contribution is 2.34. The number of hydrogen-bond donors (Lipinski definition) is 0. The van der Waals surface area contributed by atoms with Gasteiger partial charge in [-0.15, -0.1) is 0 Å². The maximum Gasteiger partial charge on any atom is 0.422 e. The van der Waals surface area contributed by atoms with Crippen LogP contribution in [0.15, 0.2) is 23.0 Å². The van der Waals surface area contributed by atoms with E-state index in [0.29, 0.717) is 24.0 Å². The van der Waals surface area contributed by atoms with Crippen molar-refractivity contribution in [3.05, 3.63) is 44.8 Å². The number of carbonyl (C=O) groups excluding carboxylic acids is 1. The lowest BCUT2D eigenvalue weighted by atomic mass is 9.78. The Morgan fingerprint density at radius 1 is 1.14 bits per heavy atom. The fraction of sp³-hybridized carbons (Fsp3) is 0.640. The van der Waals surface area contributed by atoms with Gasteiger partial charge in [0.25, 0.3) is 10.8 Å². The number of halogens is 3. The number of alkyl halides is 3. The quantitative estimate of drug-likeness (QED) is 0.483. The second kappa shape index (κ2) is 11.2. The Balaban J connectivity index is 1.17. The fourth-order valence-electron chi connectivity index (χ4n) is 5.11. The lowest BCUT2D eigenvalue weighted by Crippen LogP contribution is -2.30. The van der Waals surface area contributed by atoms with Gasteiger partial charge in [-0.2, -0.15) is 13.2 Å². The first-order valence-corrected chi connectivity index (χ1v) is 13.1. The second-order valence-corrected chi connectivity index (χ2v) is 10.8. The van der Waals surface area contributed by atoms with Gasteiger partial charge in [0.15, 0.2) is 12.4 Å². The number of Topliss-reactive ketones (excluding diaryl/α,β-unsaturated/α-hetero) is 1. The summed E-state index contributed by atoms with van der Waals surface area (Å²) < 4.78 is 43.4. The molecule has 0 saturated heterocycles. The number of ether oxygens (including phenoxy) is 1. The summed E-state index contributed by atoms with van der Waals surface area (Å²) >= 11 is 1.24. The van der Waals surface area contributed by atoms with Crippen LogP contribution < -0.4 is 10.3 Å². The lowest BCUT2D eigenvalue weighted by molar-refractivity contribution is -0.153. The first-order valence-electron chi connectivity index (χ1n) is 12.3. The minimum absolute atomic E-state index is 0.0475. The molecule has 0 atom stereocenters. The van der Waals surface area contributed by atoms with Crippen molar-refractivity contribution >= 4 is 17.1 Å². The van der Waals surface area contributed by atoms with Crippen LogP contribution in [0.4, 0.5) is 13.2 Å². The van der Waals surface area contributed by atoms with Gasteiger partial charge in [-0.05, 0) is 50.1 Å². The fourth-order valence-corrected chi connectivity index (χ4v) is 6.06. The Kier molecular flexibility index (Phi) is 8.31.